The number of ether oxygens (including phenoxy) is 3. The molecule has 0 bridgehead atoms. The lowest BCUT2D eigenvalue weighted by molar-refractivity contribution is -0.289. The van der Waals surface area contributed by atoms with Crippen molar-refractivity contribution in [2.75, 3.05) is 19.8 Å². The molecule has 3 rings (SSSR count). The van der Waals surface area contributed by atoms with Gasteiger partial charge in [0, 0.05) is 6.61 Å². The largest absolute Gasteiger partial charge is 0.462 e. The molecule has 1 saturated heterocycles. The highest BCUT2D eigenvalue weighted by Crippen LogP contribution is 2.29. The summed E-state index contributed by atoms with van der Waals surface area (Å²) in [6, 6.07) is 17.4. The molecule has 0 unspecified atom stereocenters. The number of aliphatic hydroxyl groups is 4. The number of aliphatic hydroxyl groups excluding tert-OH is 4. The van der Waals surface area contributed by atoms with E-state index < -0.39 is 37.3 Å². The highest BCUT2D eigenvalue weighted by atomic mass is 16.7. The minimum absolute atomic E-state index is 0.00347. The van der Waals surface area contributed by atoms with E-state index >= 15 is 0 Å². The van der Waals surface area contributed by atoms with Crippen LogP contribution in [0.1, 0.15) is 24.5 Å². The summed E-state index contributed by atoms with van der Waals surface area (Å²) in [5, 5.41) is 40.9. The molecule has 0 aromatic heterocycles. The molecule has 2 aromatic rings. The fourth-order valence-corrected chi connectivity index (χ4v) is 4.46. The molecule has 1 fully saturated rings. The Morgan fingerprint density at radius 1 is 0.971 bits per heavy atom. The Bertz CT molecular complexity index is 869. The van der Waals surface area contributed by atoms with Gasteiger partial charge in [0.25, 0.3) is 0 Å². The van der Waals surface area contributed by atoms with Gasteiger partial charge in [0.1, 0.15) is 30.2 Å². The second kappa shape index (κ2) is 13.7. The maximum absolute atomic E-state index is 10.9. The van der Waals surface area contributed by atoms with Crippen LogP contribution in [0.25, 0.3) is 0 Å². The van der Waals surface area contributed by atoms with E-state index in [1.165, 1.54) is 0 Å². The van der Waals surface area contributed by atoms with E-state index in [2.05, 4.69) is 6.58 Å². The summed E-state index contributed by atoms with van der Waals surface area (Å²) < 4.78 is 18.0. The number of allylic oxidation sites excluding steroid dienone is 1. The van der Waals surface area contributed by atoms with E-state index in [1.807, 2.05) is 55.5 Å². The van der Waals surface area contributed by atoms with E-state index in [1.54, 1.807) is 12.1 Å². The zero-order chi connectivity index (χ0) is 25.2. The first kappa shape index (κ1) is 27.3. The second-order valence-corrected chi connectivity index (χ2v) is 9.06. The molecule has 1 heterocycles. The molecule has 1 aliphatic rings. The normalized spacial score (nSPS) is 26.1. The fourth-order valence-electron chi connectivity index (χ4n) is 4.46. The first-order valence-electron chi connectivity index (χ1n) is 12.3. The third-order valence-electron chi connectivity index (χ3n) is 6.65. The van der Waals surface area contributed by atoms with Gasteiger partial charge in [0.2, 0.25) is 6.29 Å². The molecule has 0 amide bonds. The van der Waals surface area contributed by atoms with Gasteiger partial charge < -0.3 is 34.6 Å². The molecule has 7 heteroatoms. The van der Waals surface area contributed by atoms with Crippen molar-refractivity contribution in [1.82, 2.24) is 0 Å². The van der Waals surface area contributed by atoms with Crippen molar-refractivity contribution in [2.45, 2.75) is 56.9 Å². The number of hydrogen-bond donors (Lipinski definition) is 4. The number of rotatable bonds is 13. The van der Waals surface area contributed by atoms with Crippen molar-refractivity contribution >= 4 is 0 Å². The van der Waals surface area contributed by atoms with E-state index in [4.69, 9.17) is 14.2 Å². The monoisotopic (exact) mass is 486 g/mol. The van der Waals surface area contributed by atoms with Gasteiger partial charge >= 0.3 is 0 Å². The highest BCUT2D eigenvalue weighted by Gasteiger charge is 2.46. The minimum Gasteiger partial charge on any atom is -0.462 e. The summed E-state index contributed by atoms with van der Waals surface area (Å²) in [7, 11) is 0. The summed E-state index contributed by atoms with van der Waals surface area (Å²) in [4.78, 5) is 0. The van der Waals surface area contributed by atoms with Crippen LogP contribution in [0, 0.1) is 11.8 Å². The van der Waals surface area contributed by atoms with E-state index in [-0.39, 0.29) is 25.0 Å². The van der Waals surface area contributed by atoms with Crippen molar-refractivity contribution < 1.29 is 34.6 Å². The molecule has 4 N–H and O–H groups in total. The summed E-state index contributed by atoms with van der Waals surface area (Å²) in [6.45, 7) is 5.55. The minimum atomic E-state index is -1.33. The van der Waals surface area contributed by atoms with Gasteiger partial charge in [-0.05, 0) is 47.9 Å². The van der Waals surface area contributed by atoms with Gasteiger partial charge in [-0.15, -0.1) is 6.58 Å². The summed E-state index contributed by atoms with van der Waals surface area (Å²) in [6.07, 6.45) is -1.67. The standard InChI is InChI=1S/C28H38O7/c1-3-8-19-11-13-23(14-12-19)34-28-27(26(32)25(31)24(17-30)35-28)33-18-22(21(4-2)16-29)15-20-9-6-5-7-10-20/h3,5-7,9-14,21-22,24-32H,1,4,8,15-18H2,2H3/t21-,22+,24-,25-,26+,27+,28+/m1/s1. The molecular weight excluding hydrogens is 448 g/mol. The van der Waals surface area contributed by atoms with Crippen LogP contribution in [-0.2, 0) is 22.3 Å². The second-order valence-electron chi connectivity index (χ2n) is 9.06. The van der Waals surface area contributed by atoms with Crippen molar-refractivity contribution in [1.29, 1.82) is 0 Å². The molecule has 2 aromatic carbocycles. The molecule has 0 spiro atoms. The van der Waals surface area contributed by atoms with Crippen molar-refractivity contribution in [3.05, 3.63) is 78.4 Å². The van der Waals surface area contributed by atoms with Crippen LogP contribution in [0.5, 0.6) is 5.75 Å². The van der Waals surface area contributed by atoms with Crippen LogP contribution in [0.2, 0.25) is 0 Å². The van der Waals surface area contributed by atoms with Gasteiger partial charge in [-0.3, -0.25) is 0 Å². The first-order chi connectivity index (χ1) is 17.0. The lowest BCUT2D eigenvalue weighted by Gasteiger charge is -2.42. The quantitative estimate of drug-likeness (QED) is 0.322. The zero-order valence-corrected chi connectivity index (χ0v) is 20.3. The number of benzene rings is 2. The molecule has 35 heavy (non-hydrogen) atoms. The van der Waals surface area contributed by atoms with Gasteiger partial charge in [0.15, 0.2) is 0 Å². The Morgan fingerprint density at radius 3 is 2.29 bits per heavy atom. The van der Waals surface area contributed by atoms with Crippen LogP contribution in [0.3, 0.4) is 0 Å². The maximum atomic E-state index is 10.9. The van der Waals surface area contributed by atoms with Gasteiger partial charge in [-0.1, -0.05) is 61.9 Å². The molecule has 0 saturated carbocycles. The molecule has 0 aliphatic carbocycles. The molecule has 192 valence electrons. The molecule has 1 aliphatic heterocycles. The van der Waals surface area contributed by atoms with Gasteiger partial charge in [-0.25, -0.2) is 0 Å². The van der Waals surface area contributed by atoms with E-state index in [9.17, 15) is 20.4 Å². The molecule has 7 nitrogen and oxygen atoms in total. The number of hydrogen-bond acceptors (Lipinski definition) is 7. The van der Waals surface area contributed by atoms with Crippen LogP contribution in [0.4, 0.5) is 0 Å². The third kappa shape index (κ3) is 7.36. The van der Waals surface area contributed by atoms with Crippen LogP contribution in [0.15, 0.2) is 67.3 Å². The van der Waals surface area contributed by atoms with Crippen LogP contribution >= 0.6 is 0 Å². The van der Waals surface area contributed by atoms with Crippen molar-refractivity contribution in [3.63, 3.8) is 0 Å². The Labute approximate surface area is 207 Å². The predicted molar refractivity (Wildman–Crippen MR) is 133 cm³/mol. The zero-order valence-electron chi connectivity index (χ0n) is 20.3. The third-order valence-corrected chi connectivity index (χ3v) is 6.65. The Kier molecular flexibility index (Phi) is 10.7. The first-order valence-corrected chi connectivity index (χ1v) is 12.3. The van der Waals surface area contributed by atoms with Gasteiger partial charge in [-0.2, -0.15) is 0 Å². The molecule has 0 radical (unpaired) electrons. The highest BCUT2D eigenvalue weighted by molar-refractivity contribution is 5.28. The molecule has 7 atom stereocenters. The van der Waals surface area contributed by atoms with Crippen molar-refractivity contribution in [2.24, 2.45) is 11.8 Å². The van der Waals surface area contributed by atoms with Crippen LogP contribution in [-0.4, -0.2) is 71.0 Å². The lowest BCUT2D eigenvalue weighted by atomic mass is 9.86. The van der Waals surface area contributed by atoms with E-state index in [0.717, 1.165) is 24.0 Å². The van der Waals surface area contributed by atoms with E-state index in [0.29, 0.717) is 12.2 Å². The topological polar surface area (TPSA) is 109 Å². The Hall–Kier alpha value is -2.26. The van der Waals surface area contributed by atoms with Crippen molar-refractivity contribution in [3.8, 4) is 5.75 Å². The Balaban J connectivity index is 1.76. The molecular formula is C28H38O7. The maximum Gasteiger partial charge on any atom is 0.229 e. The average molecular weight is 487 g/mol. The van der Waals surface area contributed by atoms with Crippen LogP contribution < -0.4 is 4.74 Å². The summed E-state index contributed by atoms with van der Waals surface area (Å²) >= 11 is 0. The lowest BCUT2D eigenvalue weighted by Crippen LogP contribution is -2.61. The SMILES string of the molecule is C=CCc1ccc(O[C@H]2O[C@H](CO)[C@@H](O)[C@H](O)[C@@H]2OC[C@H](Cc2ccccc2)[C@H](CC)CO)cc1. The van der Waals surface area contributed by atoms with Gasteiger partial charge in [0.05, 0.1) is 13.2 Å². The fraction of sp³-hybridized carbons (Fsp3) is 0.500. The summed E-state index contributed by atoms with van der Waals surface area (Å²) in [5.41, 5.74) is 2.20. The summed E-state index contributed by atoms with van der Waals surface area (Å²) in [5.74, 6) is 0.495. The predicted octanol–water partition coefficient (Wildman–Crippen LogP) is 2.50. The average Bonchev–Trinajstić information content (AvgIpc) is 2.88. The Morgan fingerprint density at radius 2 is 1.69 bits per heavy atom. The smallest absolute Gasteiger partial charge is 0.229 e.